The van der Waals surface area contributed by atoms with Crippen molar-refractivity contribution in [3.63, 3.8) is 0 Å². The highest BCUT2D eigenvalue weighted by molar-refractivity contribution is 5.76. The van der Waals surface area contributed by atoms with Gasteiger partial charge in [-0.3, -0.25) is 0 Å². The predicted octanol–water partition coefficient (Wildman–Crippen LogP) is 2.32. The molecule has 19 heavy (non-hydrogen) atoms. The molecular weight excluding hydrogens is 244 g/mol. The number of aliphatic carboxylic acids is 1. The molecule has 1 N–H and O–H groups in total. The number of hydrogen-bond acceptors (Lipinski definition) is 4. The van der Waals surface area contributed by atoms with Crippen molar-refractivity contribution in [3.8, 4) is 0 Å². The first-order valence-electron chi connectivity index (χ1n) is 7.18. The molecule has 106 valence electrons. The van der Waals surface area contributed by atoms with Crippen LogP contribution in [0.15, 0.2) is 0 Å². The standard InChI is InChI=1S/C13H22N4O2/c1-3-13(4-2,12(18)19)17-11(14-15-16-17)10-8-6-5-7-9-10/h10H,3-9H2,1-2H3,(H,18,19). The summed E-state index contributed by atoms with van der Waals surface area (Å²) in [5.74, 6) is 0.216. The van der Waals surface area contributed by atoms with E-state index >= 15 is 0 Å². The number of tetrazole rings is 1. The number of carbonyl (C=O) groups is 1. The van der Waals surface area contributed by atoms with Crippen LogP contribution in [0.3, 0.4) is 0 Å². The Labute approximate surface area is 113 Å². The monoisotopic (exact) mass is 266 g/mol. The van der Waals surface area contributed by atoms with Crippen LogP contribution in [0.25, 0.3) is 0 Å². The largest absolute Gasteiger partial charge is 0.479 e. The molecule has 0 amide bonds. The van der Waals surface area contributed by atoms with Gasteiger partial charge in [0.25, 0.3) is 0 Å². The SMILES string of the molecule is CCC(CC)(C(=O)O)n1nnnc1C1CCCCC1. The molecule has 2 rings (SSSR count). The summed E-state index contributed by atoms with van der Waals surface area (Å²) in [4.78, 5) is 11.7. The Morgan fingerprint density at radius 1 is 1.32 bits per heavy atom. The molecule has 1 aliphatic carbocycles. The highest BCUT2D eigenvalue weighted by Gasteiger charge is 2.41. The summed E-state index contributed by atoms with van der Waals surface area (Å²) in [5, 5.41) is 21.5. The topological polar surface area (TPSA) is 80.9 Å². The molecule has 1 aliphatic rings. The molecule has 1 saturated carbocycles. The summed E-state index contributed by atoms with van der Waals surface area (Å²) < 4.78 is 1.57. The van der Waals surface area contributed by atoms with Gasteiger partial charge >= 0.3 is 5.97 Å². The van der Waals surface area contributed by atoms with E-state index < -0.39 is 11.5 Å². The van der Waals surface area contributed by atoms with Crippen molar-refractivity contribution < 1.29 is 9.90 Å². The van der Waals surface area contributed by atoms with Crippen LogP contribution in [0.1, 0.15) is 70.5 Å². The molecule has 0 unspecified atom stereocenters. The van der Waals surface area contributed by atoms with Crippen LogP contribution in [0, 0.1) is 0 Å². The Hall–Kier alpha value is -1.46. The molecule has 0 spiro atoms. The summed E-state index contributed by atoms with van der Waals surface area (Å²) in [6.45, 7) is 3.76. The smallest absolute Gasteiger partial charge is 0.331 e. The second kappa shape index (κ2) is 5.67. The van der Waals surface area contributed by atoms with Gasteiger partial charge < -0.3 is 5.11 Å². The zero-order chi connectivity index (χ0) is 13.9. The van der Waals surface area contributed by atoms with Crippen LogP contribution in [0.2, 0.25) is 0 Å². The van der Waals surface area contributed by atoms with E-state index in [0.717, 1.165) is 18.7 Å². The summed E-state index contributed by atoms with van der Waals surface area (Å²) in [6.07, 6.45) is 6.70. The Morgan fingerprint density at radius 3 is 2.47 bits per heavy atom. The van der Waals surface area contributed by atoms with Gasteiger partial charge in [0, 0.05) is 5.92 Å². The number of aromatic nitrogens is 4. The lowest BCUT2D eigenvalue weighted by atomic mass is 9.87. The van der Waals surface area contributed by atoms with E-state index in [1.807, 2.05) is 13.8 Å². The molecule has 1 aromatic rings. The molecule has 6 nitrogen and oxygen atoms in total. The lowest BCUT2D eigenvalue weighted by Crippen LogP contribution is -2.43. The quantitative estimate of drug-likeness (QED) is 0.884. The molecule has 6 heteroatoms. The first-order chi connectivity index (χ1) is 9.15. The van der Waals surface area contributed by atoms with Crippen LogP contribution in [-0.2, 0) is 10.3 Å². The van der Waals surface area contributed by atoms with Crippen LogP contribution in [0.5, 0.6) is 0 Å². The molecule has 0 aliphatic heterocycles. The molecule has 1 fully saturated rings. The summed E-state index contributed by atoms with van der Waals surface area (Å²) in [6, 6.07) is 0. The van der Waals surface area contributed by atoms with Gasteiger partial charge in [0.1, 0.15) is 0 Å². The van der Waals surface area contributed by atoms with Crippen molar-refractivity contribution in [2.75, 3.05) is 0 Å². The van der Waals surface area contributed by atoms with Gasteiger partial charge in [-0.25, -0.2) is 9.48 Å². The van der Waals surface area contributed by atoms with Crippen LogP contribution in [0.4, 0.5) is 0 Å². The average Bonchev–Trinajstić information content (AvgIpc) is 2.91. The van der Waals surface area contributed by atoms with Crippen molar-refractivity contribution >= 4 is 5.97 Å². The van der Waals surface area contributed by atoms with Crippen molar-refractivity contribution in [2.45, 2.75) is 70.3 Å². The van der Waals surface area contributed by atoms with E-state index in [2.05, 4.69) is 15.5 Å². The molecule has 1 aromatic heterocycles. The highest BCUT2D eigenvalue weighted by Crippen LogP contribution is 2.34. The first-order valence-corrected chi connectivity index (χ1v) is 7.18. The van der Waals surface area contributed by atoms with Gasteiger partial charge in [0.05, 0.1) is 0 Å². The number of carboxylic acid groups (broad SMARTS) is 1. The molecule has 0 saturated heterocycles. The van der Waals surface area contributed by atoms with Gasteiger partial charge in [0.2, 0.25) is 0 Å². The fourth-order valence-electron chi connectivity index (χ4n) is 3.06. The Kier molecular flexibility index (Phi) is 4.17. The van der Waals surface area contributed by atoms with E-state index in [-0.39, 0.29) is 0 Å². The van der Waals surface area contributed by atoms with E-state index in [0.29, 0.717) is 18.8 Å². The minimum absolute atomic E-state index is 0.306. The minimum Gasteiger partial charge on any atom is -0.479 e. The molecule has 0 bridgehead atoms. The summed E-state index contributed by atoms with van der Waals surface area (Å²) >= 11 is 0. The maximum atomic E-state index is 11.7. The zero-order valence-corrected chi connectivity index (χ0v) is 11.7. The van der Waals surface area contributed by atoms with Gasteiger partial charge in [-0.1, -0.05) is 33.1 Å². The van der Waals surface area contributed by atoms with Crippen LogP contribution < -0.4 is 0 Å². The van der Waals surface area contributed by atoms with E-state index in [1.165, 1.54) is 19.3 Å². The Bertz CT molecular complexity index is 434. The normalized spacial score (nSPS) is 17.6. The number of rotatable bonds is 5. The Balaban J connectivity index is 2.38. The number of hydrogen-bond donors (Lipinski definition) is 1. The van der Waals surface area contributed by atoms with Crippen molar-refractivity contribution in [2.24, 2.45) is 0 Å². The highest BCUT2D eigenvalue weighted by atomic mass is 16.4. The third-order valence-corrected chi connectivity index (χ3v) is 4.44. The Morgan fingerprint density at radius 2 is 1.95 bits per heavy atom. The molecular formula is C13H22N4O2. The van der Waals surface area contributed by atoms with E-state index in [9.17, 15) is 9.90 Å². The lowest BCUT2D eigenvalue weighted by molar-refractivity contribution is -0.149. The van der Waals surface area contributed by atoms with Crippen LogP contribution >= 0.6 is 0 Å². The lowest BCUT2D eigenvalue weighted by Gasteiger charge is -2.30. The summed E-state index contributed by atoms with van der Waals surface area (Å²) in [7, 11) is 0. The second-order valence-corrected chi connectivity index (χ2v) is 5.33. The number of nitrogens with zero attached hydrogens (tertiary/aromatic N) is 4. The predicted molar refractivity (Wildman–Crippen MR) is 69.8 cm³/mol. The minimum atomic E-state index is -1.00. The average molecular weight is 266 g/mol. The van der Waals surface area contributed by atoms with E-state index in [1.54, 1.807) is 4.68 Å². The molecule has 1 heterocycles. The maximum Gasteiger partial charge on any atom is 0.331 e. The van der Waals surface area contributed by atoms with Crippen LogP contribution in [-0.4, -0.2) is 31.3 Å². The van der Waals surface area contributed by atoms with Gasteiger partial charge in [-0.15, -0.1) is 5.10 Å². The van der Waals surface area contributed by atoms with Crippen molar-refractivity contribution in [1.29, 1.82) is 0 Å². The fraction of sp³-hybridized carbons (Fsp3) is 0.846. The molecule has 0 radical (unpaired) electrons. The third-order valence-electron chi connectivity index (χ3n) is 4.44. The zero-order valence-electron chi connectivity index (χ0n) is 11.7. The van der Waals surface area contributed by atoms with Crippen molar-refractivity contribution in [1.82, 2.24) is 20.2 Å². The second-order valence-electron chi connectivity index (χ2n) is 5.33. The summed E-state index contributed by atoms with van der Waals surface area (Å²) in [5.41, 5.74) is -1.00. The molecule has 0 atom stereocenters. The van der Waals surface area contributed by atoms with Gasteiger partial charge in [-0.05, 0) is 36.1 Å². The first kappa shape index (κ1) is 14.0. The van der Waals surface area contributed by atoms with Gasteiger partial charge in [-0.2, -0.15) is 0 Å². The van der Waals surface area contributed by atoms with Gasteiger partial charge in [0.15, 0.2) is 11.4 Å². The maximum absolute atomic E-state index is 11.7. The fourth-order valence-corrected chi connectivity index (χ4v) is 3.06. The van der Waals surface area contributed by atoms with Crippen molar-refractivity contribution in [3.05, 3.63) is 5.82 Å². The molecule has 0 aromatic carbocycles. The third kappa shape index (κ3) is 2.35. The van der Waals surface area contributed by atoms with E-state index in [4.69, 9.17) is 0 Å². The number of carboxylic acids is 1.